The van der Waals surface area contributed by atoms with Crippen LogP contribution in [0.3, 0.4) is 0 Å². The average Bonchev–Trinajstić information content (AvgIpc) is 2.27. The summed E-state index contributed by atoms with van der Waals surface area (Å²) in [7, 11) is 0. The van der Waals surface area contributed by atoms with E-state index in [9.17, 15) is 10.2 Å². The van der Waals surface area contributed by atoms with E-state index in [4.69, 9.17) is 0 Å². The molecule has 2 rings (SSSR count). The van der Waals surface area contributed by atoms with Gasteiger partial charge in [-0.2, -0.15) is 0 Å². The molecule has 0 radical (unpaired) electrons. The highest BCUT2D eigenvalue weighted by Gasteiger charge is 2.27. The van der Waals surface area contributed by atoms with Gasteiger partial charge in [-0.1, -0.05) is 30.4 Å². The minimum atomic E-state index is -0.882. The number of nitrogens with zero attached hydrogens (tertiary/aromatic N) is 1. The first-order valence-electron chi connectivity index (χ1n) is 6.39. The Labute approximate surface area is 108 Å². The lowest BCUT2D eigenvalue weighted by atomic mass is 9.97. The van der Waals surface area contributed by atoms with E-state index >= 15 is 0 Å². The lowest BCUT2D eigenvalue weighted by Gasteiger charge is -2.35. The van der Waals surface area contributed by atoms with Crippen molar-refractivity contribution in [3.05, 3.63) is 35.9 Å². The van der Waals surface area contributed by atoms with Crippen molar-refractivity contribution in [3.63, 3.8) is 0 Å². The number of fused-ring (bicyclic) bond motifs is 1. The molecular weight excluding hydrogens is 226 g/mol. The summed E-state index contributed by atoms with van der Waals surface area (Å²) in [5.74, 6) is 0. The average molecular weight is 247 g/mol. The molecule has 0 saturated carbocycles. The summed E-state index contributed by atoms with van der Waals surface area (Å²) >= 11 is 0. The quantitative estimate of drug-likeness (QED) is 0.855. The maximum atomic E-state index is 10.3. The molecule has 1 aromatic carbocycles. The lowest BCUT2D eigenvalue weighted by Crippen LogP contribution is -2.43. The number of rotatable bonds is 4. The molecule has 0 spiro atoms. The zero-order valence-electron chi connectivity index (χ0n) is 11.0. The maximum absolute atomic E-state index is 10.3. The summed E-state index contributed by atoms with van der Waals surface area (Å²) in [6.45, 7) is 4.81. The number of hydrogen-bond donors (Lipinski definition) is 2. The number of hydrogen-bond acceptors (Lipinski definition) is 3. The molecule has 0 bridgehead atoms. The van der Waals surface area contributed by atoms with E-state index in [1.54, 1.807) is 13.8 Å². The molecule has 98 valence electrons. The van der Waals surface area contributed by atoms with Crippen LogP contribution in [0.1, 0.15) is 25.8 Å². The Bertz CT molecular complexity index is 438. The fourth-order valence-corrected chi connectivity index (χ4v) is 2.58. The van der Waals surface area contributed by atoms with Crippen molar-refractivity contribution in [2.75, 3.05) is 18.0 Å². The highest BCUT2D eigenvalue weighted by Crippen LogP contribution is 2.27. The second kappa shape index (κ2) is 5.12. The van der Waals surface area contributed by atoms with E-state index in [-0.39, 0.29) is 0 Å². The van der Waals surface area contributed by atoms with Crippen molar-refractivity contribution in [2.45, 2.75) is 32.0 Å². The third-order valence-corrected chi connectivity index (χ3v) is 3.17. The predicted octanol–water partition coefficient (Wildman–Crippen LogP) is 2.04. The molecule has 2 N–H and O–H groups in total. The van der Waals surface area contributed by atoms with Crippen LogP contribution in [-0.2, 0) is 0 Å². The molecular formula is C15H21NO2. The first-order valence-corrected chi connectivity index (χ1v) is 6.39. The number of para-hydroxylation sites is 1. The second-order valence-electron chi connectivity index (χ2n) is 5.39. The maximum Gasteiger partial charge on any atom is 0.0818 e. The van der Waals surface area contributed by atoms with Crippen molar-refractivity contribution < 1.29 is 10.2 Å². The largest absolute Gasteiger partial charge is 0.393 e. The van der Waals surface area contributed by atoms with E-state index in [1.165, 1.54) is 5.56 Å². The Morgan fingerprint density at radius 2 is 2.11 bits per heavy atom. The van der Waals surface area contributed by atoms with Gasteiger partial charge in [-0.15, -0.1) is 0 Å². The van der Waals surface area contributed by atoms with Gasteiger partial charge in [0, 0.05) is 25.2 Å². The Morgan fingerprint density at radius 3 is 2.83 bits per heavy atom. The zero-order chi connectivity index (χ0) is 13.2. The number of aliphatic hydroxyl groups excluding tert-OH is 1. The molecule has 1 heterocycles. The molecule has 1 aromatic rings. The van der Waals surface area contributed by atoms with Gasteiger partial charge in [-0.05, 0) is 25.5 Å². The standard InChI is InChI=1S/C15H21NO2/c1-12(17)10-15(2,18)11-16-9-5-7-13-6-3-4-8-14(13)16/h3-8,12,17-18H,9-11H2,1-2H3. The molecule has 0 amide bonds. The number of anilines is 1. The molecule has 18 heavy (non-hydrogen) atoms. The summed E-state index contributed by atoms with van der Waals surface area (Å²) in [6.07, 6.45) is 4.10. The van der Waals surface area contributed by atoms with Gasteiger partial charge in [-0.3, -0.25) is 0 Å². The molecule has 3 nitrogen and oxygen atoms in total. The van der Waals surface area contributed by atoms with E-state index in [1.807, 2.05) is 12.1 Å². The van der Waals surface area contributed by atoms with Crippen LogP contribution in [-0.4, -0.2) is 35.0 Å². The van der Waals surface area contributed by atoms with Crippen molar-refractivity contribution in [2.24, 2.45) is 0 Å². The van der Waals surface area contributed by atoms with Gasteiger partial charge < -0.3 is 15.1 Å². The summed E-state index contributed by atoms with van der Waals surface area (Å²) < 4.78 is 0. The molecule has 0 aliphatic carbocycles. The van der Waals surface area contributed by atoms with Crippen molar-refractivity contribution in [3.8, 4) is 0 Å². The van der Waals surface area contributed by atoms with Crippen LogP contribution >= 0.6 is 0 Å². The summed E-state index contributed by atoms with van der Waals surface area (Å²) in [5, 5.41) is 19.8. The van der Waals surface area contributed by atoms with Crippen LogP contribution in [0.25, 0.3) is 6.08 Å². The predicted molar refractivity (Wildman–Crippen MR) is 74.6 cm³/mol. The van der Waals surface area contributed by atoms with Gasteiger partial charge >= 0.3 is 0 Å². The van der Waals surface area contributed by atoms with E-state index < -0.39 is 11.7 Å². The Balaban J connectivity index is 2.14. The normalized spacial score (nSPS) is 19.2. The molecule has 1 aliphatic rings. The molecule has 1 aliphatic heterocycles. The van der Waals surface area contributed by atoms with E-state index in [2.05, 4.69) is 29.2 Å². The van der Waals surface area contributed by atoms with Gasteiger partial charge in [0.05, 0.1) is 11.7 Å². The Hall–Kier alpha value is -1.32. The van der Waals surface area contributed by atoms with Crippen molar-refractivity contribution in [1.29, 1.82) is 0 Å². The highest BCUT2D eigenvalue weighted by atomic mass is 16.3. The third-order valence-electron chi connectivity index (χ3n) is 3.17. The fourth-order valence-electron chi connectivity index (χ4n) is 2.58. The molecule has 0 aromatic heterocycles. The Kier molecular flexibility index (Phi) is 3.73. The number of benzene rings is 1. The monoisotopic (exact) mass is 247 g/mol. The third kappa shape index (κ3) is 3.12. The van der Waals surface area contributed by atoms with Crippen LogP contribution in [0.4, 0.5) is 5.69 Å². The fraction of sp³-hybridized carbons (Fsp3) is 0.467. The minimum Gasteiger partial charge on any atom is -0.393 e. The van der Waals surface area contributed by atoms with Crippen LogP contribution in [0.2, 0.25) is 0 Å². The van der Waals surface area contributed by atoms with Crippen LogP contribution in [0.15, 0.2) is 30.3 Å². The zero-order valence-corrected chi connectivity index (χ0v) is 11.0. The van der Waals surface area contributed by atoms with Gasteiger partial charge in [0.1, 0.15) is 0 Å². The summed E-state index contributed by atoms with van der Waals surface area (Å²) in [5.41, 5.74) is 1.44. The molecule has 2 atom stereocenters. The molecule has 0 saturated heterocycles. The van der Waals surface area contributed by atoms with Gasteiger partial charge in [0.2, 0.25) is 0 Å². The first kappa shape index (κ1) is 13.1. The van der Waals surface area contributed by atoms with Crippen molar-refractivity contribution in [1.82, 2.24) is 0 Å². The summed E-state index contributed by atoms with van der Waals surface area (Å²) in [4.78, 5) is 2.15. The number of β-amino-alcohol motifs (C(OH)–C–C–N with tert-alkyl or cyclic N) is 1. The van der Waals surface area contributed by atoms with Crippen LogP contribution in [0.5, 0.6) is 0 Å². The first-order chi connectivity index (χ1) is 8.48. The van der Waals surface area contributed by atoms with Gasteiger partial charge in [0.15, 0.2) is 0 Å². The van der Waals surface area contributed by atoms with Gasteiger partial charge in [-0.25, -0.2) is 0 Å². The number of aliphatic hydroxyl groups is 2. The topological polar surface area (TPSA) is 43.7 Å². The smallest absolute Gasteiger partial charge is 0.0818 e. The SMILES string of the molecule is CC(O)CC(C)(O)CN1CC=Cc2ccccc21. The second-order valence-corrected chi connectivity index (χ2v) is 5.39. The highest BCUT2D eigenvalue weighted by molar-refractivity contribution is 5.71. The van der Waals surface area contributed by atoms with Crippen LogP contribution < -0.4 is 4.90 Å². The minimum absolute atomic E-state index is 0.384. The molecule has 2 unspecified atom stereocenters. The van der Waals surface area contributed by atoms with Crippen molar-refractivity contribution >= 4 is 11.8 Å². The Morgan fingerprint density at radius 1 is 1.39 bits per heavy atom. The van der Waals surface area contributed by atoms with E-state index in [0.29, 0.717) is 13.0 Å². The summed E-state index contributed by atoms with van der Waals surface area (Å²) in [6, 6.07) is 8.16. The van der Waals surface area contributed by atoms with Crippen LogP contribution in [0, 0.1) is 0 Å². The lowest BCUT2D eigenvalue weighted by molar-refractivity contribution is 0.0156. The van der Waals surface area contributed by atoms with Gasteiger partial charge in [0.25, 0.3) is 0 Å². The molecule has 3 heteroatoms. The van der Waals surface area contributed by atoms with E-state index in [0.717, 1.165) is 12.2 Å². The molecule has 0 fully saturated rings.